The fourth-order valence-electron chi connectivity index (χ4n) is 2.31. The van der Waals surface area contributed by atoms with Crippen LogP contribution in [0.3, 0.4) is 0 Å². The van der Waals surface area contributed by atoms with E-state index in [0.29, 0.717) is 12.6 Å². The van der Waals surface area contributed by atoms with Gasteiger partial charge in [-0.3, -0.25) is 0 Å². The number of halogens is 3. The molecule has 1 atom stereocenters. The minimum Gasteiger partial charge on any atom is -0.493 e. The van der Waals surface area contributed by atoms with Gasteiger partial charge in [0.2, 0.25) is 0 Å². The van der Waals surface area contributed by atoms with Crippen LogP contribution >= 0.6 is 0 Å². The lowest BCUT2D eigenvalue weighted by molar-refractivity contribution is -0.139. The van der Waals surface area contributed by atoms with Gasteiger partial charge in [0.15, 0.2) is 0 Å². The second-order valence-electron chi connectivity index (χ2n) is 4.78. The highest BCUT2D eigenvalue weighted by Crippen LogP contribution is 2.35. The van der Waals surface area contributed by atoms with E-state index in [9.17, 15) is 13.2 Å². The van der Waals surface area contributed by atoms with Crippen molar-refractivity contribution in [3.8, 4) is 5.75 Å². The second kappa shape index (κ2) is 6.28. The molecule has 2 nitrogen and oxygen atoms in total. The average molecular weight is 273 g/mol. The molecule has 0 bridgehead atoms. The number of hydrogen-bond acceptors (Lipinski definition) is 2. The maximum absolute atomic E-state index is 12.7. The van der Waals surface area contributed by atoms with Gasteiger partial charge in [-0.25, -0.2) is 0 Å². The van der Waals surface area contributed by atoms with Gasteiger partial charge < -0.3 is 10.1 Å². The first kappa shape index (κ1) is 14.2. The molecule has 0 aliphatic carbocycles. The molecule has 1 unspecified atom stereocenters. The number of rotatable bonds is 4. The zero-order valence-corrected chi connectivity index (χ0v) is 10.7. The van der Waals surface area contributed by atoms with Gasteiger partial charge in [0.1, 0.15) is 5.75 Å². The summed E-state index contributed by atoms with van der Waals surface area (Å²) in [6.07, 6.45) is -0.193. The third-order valence-electron chi connectivity index (χ3n) is 3.33. The summed E-state index contributed by atoms with van der Waals surface area (Å²) in [6, 6.07) is 5.72. The molecule has 1 aromatic rings. The Morgan fingerprint density at radius 1 is 1.21 bits per heavy atom. The number of para-hydroxylation sites is 1. The molecule has 1 saturated heterocycles. The van der Waals surface area contributed by atoms with E-state index >= 15 is 0 Å². The lowest BCUT2D eigenvalue weighted by Gasteiger charge is -2.23. The average Bonchev–Trinajstić information content (AvgIpc) is 2.39. The molecule has 0 aromatic heterocycles. The minimum atomic E-state index is -4.36. The van der Waals surface area contributed by atoms with E-state index in [1.54, 1.807) is 6.07 Å². The molecule has 1 heterocycles. The highest BCUT2D eigenvalue weighted by atomic mass is 19.4. The van der Waals surface area contributed by atoms with E-state index in [-0.39, 0.29) is 5.75 Å². The second-order valence-corrected chi connectivity index (χ2v) is 4.78. The quantitative estimate of drug-likeness (QED) is 0.904. The minimum absolute atomic E-state index is 0.0780. The summed E-state index contributed by atoms with van der Waals surface area (Å²) in [6.45, 7) is 1.30. The standard InChI is InChI=1S/C14H18F3NO/c15-14(16,17)12-6-1-2-7-13(12)19-10-8-11-5-3-4-9-18-11/h1-2,6-7,11,18H,3-5,8-10H2. The third-order valence-corrected chi connectivity index (χ3v) is 3.33. The summed E-state index contributed by atoms with van der Waals surface area (Å²) in [4.78, 5) is 0. The van der Waals surface area contributed by atoms with E-state index in [0.717, 1.165) is 25.5 Å². The Balaban J connectivity index is 1.88. The molecule has 0 radical (unpaired) electrons. The molecule has 2 rings (SSSR count). The normalized spacial score (nSPS) is 20.3. The highest BCUT2D eigenvalue weighted by molar-refractivity contribution is 5.35. The molecule has 1 N–H and O–H groups in total. The van der Waals surface area contributed by atoms with E-state index in [2.05, 4.69) is 5.32 Å². The van der Waals surface area contributed by atoms with Crippen molar-refractivity contribution in [1.29, 1.82) is 0 Å². The van der Waals surface area contributed by atoms with Gasteiger partial charge in [-0.05, 0) is 37.9 Å². The van der Waals surface area contributed by atoms with Crippen molar-refractivity contribution in [2.75, 3.05) is 13.2 Å². The molecule has 1 aliphatic heterocycles. The van der Waals surface area contributed by atoms with Crippen molar-refractivity contribution in [2.45, 2.75) is 37.9 Å². The maximum atomic E-state index is 12.7. The molecule has 106 valence electrons. The molecule has 19 heavy (non-hydrogen) atoms. The smallest absolute Gasteiger partial charge is 0.419 e. The zero-order valence-electron chi connectivity index (χ0n) is 10.7. The van der Waals surface area contributed by atoms with Crippen molar-refractivity contribution in [1.82, 2.24) is 5.32 Å². The van der Waals surface area contributed by atoms with Gasteiger partial charge in [-0.15, -0.1) is 0 Å². The molecular weight excluding hydrogens is 255 g/mol. The number of ether oxygens (including phenoxy) is 1. The molecule has 0 saturated carbocycles. The largest absolute Gasteiger partial charge is 0.493 e. The summed E-state index contributed by atoms with van der Waals surface area (Å²) in [5.41, 5.74) is -0.702. The summed E-state index contributed by atoms with van der Waals surface area (Å²) in [5.74, 6) is -0.0780. The number of nitrogens with one attached hydrogen (secondary N) is 1. The Labute approximate surface area is 111 Å². The summed E-state index contributed by atoms with van der Waals surface area (Å²) < 4.78 is 43.5. The third kappa shape index (κ3) is 4.13. The van der Waals surface area contributed by atoms with Gasteiger partial charge in [0.05, 0.1) is 12.2 Å². The summed E-state index contributed by atoms with van der Waals surface area (Å²) >= 11 is 0. The molecule has 0 spiro atoms. The first-order valence-electron chi connectivity index (χ1n) is 6.60. The topological polar surface area (TPSA) is 21.3 Å². The number of piperidine rings is 1. The van der Waals surface area contributed by atoms with Gasteiger partial charge >= 0.3 is 6.18 Å². The van der Waals surface area contributed by atoms with Crippen LogP contribution in [0.4, 0.5) is 13.2 Å². The monoisotopic (exact) mass is 273 g/mol. The van der Waals surface area contributed by atoms with Crippen molar-refractivity contribution in [2.24, 2.45) is 0 Å². The van der Waals surface area contributed by atoms with Crippen LogP contribution in [-0.2, 0) is 6.18 Å². The molecule has 5 heteroatoms. The van der Waals surface area contributed by atoms with Crippen molar-refractivity contribution < 1.29 is 17.9 Å². The van der Waals surface area contributed by atoms with Gasteiger partial charge in [-0.2, -0.15) is 13.2 Å². The molecular formula is C14H18F3NO. The maximum Gasteiger partial charge on any atom is 0.419 e. The van der Waals surface area contributed by atoms with E-state index in [1.165, 1.54) is 25.0 Å². The van der Waals surface area contributed by atoms with Crippen LogP contribution in [0, 0.1) is 0 Å². The van der Waals surface area contributed by atoms with Crippen LogP contribution in [0.15, 0.2) is 24.3 Å². The molecule has 1 aromatic carbocycles. The Morgan fingerprint density at radius 3 is 2.68 bits per heavy atom. The summed E-state index contributed by atoms with van der Waals surface area (Å²) in [7, 11) is 0. The Kier molecular flexibility index (Phi) is 4.69. The SMILES string of the molecule is FC(F)(F)c1ccccc1OCCC1CCCCN1. The predicted octanol–water partition coefficient (Wildman–Crippen LogP) is 3.62. The van der Waals surface area contributed by atoms with E-state index in [4.69, 9.17) is 4.74 Å². The van der Waals surface area contributed by atoms with Crippen molar-refractivity contribution in [3.05, 3.63) is 29.8 Å². The van der Waals surface area contributed by atoms with Crippen LogP contribution in [0.2, 0.25) is 0 Å². The Morgan fingerprint density at radius 2 is 2.00 bits per heavy atom. The lowest BCUT2D eigenvalue weighted by atomic mass is 10.0. The van der Waals surface area contributed by atoms with Crippen LogP contribution in [0.1, 0.15) is 31.2 Å². The molecule has 0 amide bonds. The van der Waals surface area contributed by atoms with Gasteiger partial charge in [-0.1, -0.05) is 18.6 Å². The lowest BCUT2D eigenvalue weighted by Crippen LogP contribution is -2.35. The van der Waals surface area contributed by atoms with Crippen molar-refractivity contribution >= 4 is 0 Å². The van der Waals surface area contributed by atoms with Gasteiger partial charge in [0, 0.05) is 6.04 Å². The number of benzene rings is 1. The van der Waals surface area contributed by atoms with Crippen molar-refractivity contribution in [3.63, 3.8) is 0 Å². The van der Waals surface area contributed by atoms with Gasteiger partial charge in [0.25, 0.3) is 0 Å². The Hall–Kier alpha value is -1.23. The number of alkyl halides is 3. The highest BCUT2D eigenvalue weighted by Gasteiger charge is 2.33. The van der Waals surface area contributed by atoms with E-state index < -0.39 is 11.7 Å². The molecule has 1 aliphatic rings. The fraction of sp³-hybridized carbons (Fsp3) is 0.571. The fourth-order valence-corrected chi connectivity index (χ4v) is 2.31. The predicted molar refractivity (Wildman–Crippen MR) is 67.2 cm³/mol. The molecule has 1 fully saturated rings. The van der Waals surface area contributed by atoms with E-state index in [1.807, 2.05) is 0 Å². The first-order chi connectivity index (χ1) is 9.07. The van der Waals surface area contributed by atoms with Crippen LogP contribution in [0.5, 0.6) is 5.75 Å². The summed E-state index contributed by atoms with van der Waals surface area (Å²) in [5, 5.41) is 3.35. The Bertz CT molecular complexity index is 400. The first-order valence-corrected chi connectivity index (χ1v) is 6.60. The van der Waals surface area contributed by atoms with Crippen LogP contribution < -0.4 is 10.1 Å². The number of hydrogen-bond donors (Lipinski definition) is 1. The van der Waals surface area contributed by atoms with Crippen LogP contribution in [0.25, 0.3) is 0 Å². The van der Waals surface area contributed by atoms with Crippen LogP contribution in [-0.4, -0.2) is 19.2 Å². The zero-order chi connectivity index (χ0) is 13.7.